The fourth-order valence-electron chi connectivity index (χ4n) is 2.63. The maximum Gasteiger partial charge on any atom is 0.433 e. The first-order valence-electron chi connectivity index (χ1n) is 8.81. The van der Waals surface area contributed by atoms with E-state index in [-0.39, 0.29) is 17.1 Å². The molecule has 0 atom stereocenters. The zero-order valence-corrected chi connectivity index (χ0v) is 15.9. The highest BCUT2D eigenvalue weighted by molar-refractivity contribution is 6.03. The van der Waals surface area contributed by atoms with Crippen molar-refractivity contribution in [2.24, 2.45) is 0 Å². The number of hydrogen-bond acceptors (Lipinski definition) is 4. The largest absolute Gasteiger partial charge is 0.482 e. The highest BCUT2D eigenvalue weighted by atomic mass is 19.4. The molecule has 2 heterocycles. The molecule has 0 aliphatic carbocycles. The second kappa shape index (κ2) is 8.73. The standard InChI is InChI=1S/C20H13F6N3O3/c21-19(22,23)11-32-15-6-2-1-5-14(15)29-9-3-4-13(18(29)31)17(30)28-12-7-8-16(27-10-12)20(24,25)26/h1-10H,11H2,(H,28,30). The summed E-state index contributed by atoms with van der Waals surface area (Å²) in [6.45, 7) is -1.58. The topological polar surface area (TPSA) is 73.2 Å². The molecule has 1 amide bonds. The number of amides is 1. The Morgan fingerprint density at radius 2 is 1.72 bits per heavy atom. The summed E-state index contributed by atoms with van der Waals surface area (Å²) in [4.78, 5) is 28.5. The number of ether oxygens (including phenoxy) is 1. The Kier molecular flexibility index (Phi) is 6.23. The average Bonchev–Trinajstić information content (AvgIpc) is 2.72. The van der Waals surface area contributed by atoms with Crippen LogP contribution in [-0.2, 0) is 6.18 Å². The van der Waals surface area contributed by atoms with Crippen molar-refractivity contribution in [2.45, 2.75) is 12.4 Å². The van der Waals surface area contributed by atoms with Crippen LogP contribution < -0.4 is 15.6 Å². The Morgan fingerprint density at radius 3 is 2.34 bits per heavy atom. The lowest BCUT2D eigenvalue weighted by atomic mass is 10.2. The molecule has 32 heavy (non-hydrogen) atoms. The molecule has 3 aromatic rings. The molecule has 1 aromatic carbocycles. The van der Waals surface area contributed by atoms with Gasteiger partial charge in [-0.05, 0) is 36.4 Å². The van der Waals surface area contributed by atoms with E-state index in [4.69, 9.17) is 4.74 Å². The molecule has 0 saturated carbocycles. The normalized spacial score (nSPS) is 11.8. The van der Waals surface area contributed by atoms with Crippen molar-refractivity contribution in [2.75, 3.05) is 11.9 Å². The van der Waals surface area contributed by atoms with Crippen molar-refractivity contribution >= 4 is 11.6 Å². The minimum atomic E-state index is -4.66. The predicted octanol–water partition coefficient (Wildman–Crippen LogP) is 4.44. The van der Waals surface area contributed by atoms with Gasteiger partial charge in [0, 0.05) is 6.20 Å². The van der Waals surface area contributed by atoms with Gasteiger partial charge in [0.25, 0.3) is 11.5 Å². The minimum absolute atomic E-state index is 0.0346. The van der Waals surface area contributed by atoms with Gasteiger partial charge in [-0.1, -0.05) is 12.1 Å². The number of carbonyl (C=O) groups is 1. The van der Waals surface area contributed by atoms with Gasteiger partial charge in [-0.25, -0.2) is 4.98 Å². The smallest absolute Gasteiger partial charge is 0.433 e. The third kappa shape index (κ3) is 5.45. The molecule has 0 bridgehead atoms. The van der Waals surface area contributed by atoms with Crippen LogP contribution in [0.5, 0.6) is 5.75 Å². The molecule has 0 unspecified atom stereocenters. The summed E-state index contributed by atoms with van der Waals surface area (Å²) in [5.74, 6) is -1.18. The highest BCUT2D eigenvalue weighted by Gasteiger charge is 2.32. The third-order valence-electron chi connectivity index (χ3n) is 4.02. The Bertz CT molecular complexity index is 1170. The highest BCUT2D eigenvalue weighted by Crippen LogP contribution is 2.28. The number of nitrogens with one attached hydrogen (secondary N) is 1. The summed E-state index contributed by atoms with van der Waals surface area (Å²) >= 11 is 0. The molecule has 2 aromatic heterocycles. The lowest BCUT2D eigenvalue weighted by molar-refractivity contribution is -0.153. The van der Waals surface area contributed by atoms with E-state index in [9.17, 15) is 35.9 Å². The summed E-state index contributed by atoms with van der Waals surface area (Å²) in [6, 6.07) is 9.52. The number of rotatable bonds is 5. The summed E-state index contributed by atoms with van der Waals surface area (Å²) in [7, 11) is 0. The van der Waals surface area contributed by atoms with Crippen LogP contribution in [0.25, 0.3) is 5.69 Å². The minimum Gasteiger partial charge on any atom is -0.482 e. The van der Waals surface area contributed by atoms with Gasteiger partial charge in [0.15, 0.2) is 6.61 Å². The van der Waals surface area contributed by atoms with E-state index >= 15 is 0 Å². The Balaban J connectivity index is 1.88. The number of alkyl halides is 6. The Morgan fingerprint density at radius 1 is 1.00 bits per heavy atom. The van der Waals surface area contributed by atoms with Crippen LogP contribution in [0.4, 0.5) is 32.0 Å². The molecule has 3 rings (SSSR count). The molecular formula is C20H13F6N3O3. The van der Waals surface area contributed by atoms with Crippen LogP contribution in [0.1, 0.15) is 16.1 Å². The van der Waals surface area contributed by atoms with Crippen molar-refractivity contribution in [3.05, 3.63) is 82.5 Å². The van der Waals surface area contributed by atoms with Crippen LogP contribution in [0.2, 0.25) is 0 Å². The number of benzene rings is 1. The summed E-state index contributed by atoms with van der Waals surface area (Å²) in [5, 5.41) is 2.25. The lowest BCUT2D eigenvalue weighted by Gasteiger charge is -2.15. The fraction of sp³-hybridized carbons (Fsp3) is 0.150. The molecule has 168 valence electrons. The second-order valence-electron chi connectivity index (χ2n) is 6.35. The summed E-state index contributed by atoms with van der Waals surface area (Å²) < 4.78 is 81.0. The predicted molar refractivity (Wildman–Crippen MR) is 101 cm³/mol. The quantitative estimate of drug-likeness (QED) is 0.575. The summed E-state index contributed by atoms with van der Waals surface area (Å²) in [6.07, 6.45) is -7.25. The molecule has 6 nitrogen and oxygen atoms in total. The first kappa shape index (κ1) is 22.8. The average molecular weight is 457 g/mol. The number of para-hydroxylation sites is 2. The van der Waals surface area contributed by atoms with Crippen LogP contribution in [0.3, 0.4) is 0 Å². The van der Waals surface area contributed by atoms with Gasteiger partial charge >= 0.3 is 12.4 Å². The number of nitrogens with zero attached hydrogens (tertiary/aromatic N) is 2. The molecule has 12 heteroatoms. The number of hydrogen-bond donors (Lipinski definition) is 1. The molecule has 0 fully saturated rings. The molecular weight excluding hydrogens is 444 g/mol. The van der Waals surface area contributed by atoms with Gasteiger partial charge in [-0.2, -0.15) is 26.3 Å². The number of anilines is 1. The maximum absolute atomic E-state index is 12.8. The van der Waals surface area contributed by atoms with Crippen LogP contribution in [0.15, 0.2) is 65.7 Å². The van der Waals surface area contributed by atoms with Gasteiger partial charge in [0.1, 0.15) is 17.0 Å². The van der Waals surface area contributed by atoms with Crippen molar-refractivity contribution in [1.29, 1.82) is 0 Å². The summed E-state index contributed by atoms with van der Waals surface area (Å²) in [5.41, 5.74) is -2.57. The third-order valence-corrected chi connectivity index (χ3v) is 4.02. The lowest BCUT2D eigenvalue weighted by Crippen LogP contribution is -2.28. The number of aromatic nitrogens is 2. The number of pyridine rings is 2. The van der Waals surface area contributed by atoms with Crippen molar-refractivity contribution < 1.29 is 35.9 Å². The van der Waals surface area contributed by atoms with E-state index < -0.39 is 41.7 Å². The van der Waals surface area contributed by atoms with E-state index in [0.29, 0.717) is 6.07 Å². The monoisotopic (exact) mass is 457 g/mol. The molecule has 0 spiro atoms. The van der Waals surface area contributed by atoms with Crippen molar-refractivity contribution in [1.82, 2.24) is 9.55 Å². The van der Waals surface area contributed by atoms with Crippen LogP contribution in [0, 0.1) is 0 Å². The van der Waals surface area contributed by atoms with Crippen LogP contribution >= 0.6 is 0 Å². The van der Waals surface area contributed by atoms with Crippen molar-refractivity contribution in [3.8, 4) is 11.4 Å². The van der Waals surface area contributed by atoms with Crippen LogP contribution in [-0.4, -0.2) is 28.2 Å². The first-order chi connectivity index (χ1) is 15.0. The fourth-order valence-corrected chi connectivity index (χ4v) is 2.63. The van der Waals surface area contributed by atoms with E-state index in [2.05, 4.69) is 10.3 Å². The van der Waals surface area contributed by atoms with E-state index in [0.717, 1.165) is 22.9 Å². The SMILES string of the molecule is O=C(Nc1ccc(C(F)(F)F)nc1)c1cccn(-c2ccccc2OCC(F)(F)F)c1=O. The van der Waals surface area contributed by atoms with Gasteiger partial charge in [-0.15, -0.1) is 0 Å². The molecule has 0 aliphatic rings. The van der Waals surface area contributed by atoms with E-state index in [1.165, 1.54) is 36.5 Å². The molecule has 0 radical (unpaired) electrons. The van der Waals surface area contributed by atoms with Crippen molar-refractivity contribution in [3.63, 3.8) is 0 Å². The number of carbonyl (C=O) groups excluding carboxylic acids is 1. The Hall–Kier alpha value is -3.83. The second-order valence-corrected chi connectivity index (χ2v) is 6.35. The van der Waals surface area contributed by atoms with Gasteiger partial charge in [0.2, 0.25) is 0 Å². The zero-order valence-electron chi connectivity index (χ0n) is 15.9. The molecule has 1 N–H and O–H groups in total. The van der Waals surface area contributed by atoms with Gasteiger partial charge < -0.3 is 10.1 Å². The van der Waals surface area contributed by atoms with Gasteiger partial charge in [0.05, 0.1) is 17.6 Å². The first-order valence-corrected chi connectivity index (χ1v) is 8.81. The van der Waals surface area contributed by atoms with E-state index in [1.807, 2.05) is 0 Å². The molecule has 0 saturated heterocycles. The zero-order chi connectivity index (χ0) is 23.5. The van der Waals surface area contributed by atoms with Gasteiger partial charge in [-0.3, -0.25) is 14.2 Å². The Labute approximate surface area is 176 Å². The molecule has 0 aliphatic heterocycles. The maximum atomic E-state index is 12.8. The van der Waals surface area contributed by atoms with E-state index in [1.54, 1.807) is 0 Å². The number of halogens is 6.